The monoisotopic (exact) mass is 415 g/mol. The number of nitrogens with zero attached hydrogens (tertiary/aromatic N) is 4. The molecule has 0 unspecified atom stereocenters. The van der Waals surface area contributed by atoms with Gasteiger partial charge in [-0.3, -0.25) is 14.3 Å². The zero-order valence-electron chi connectivity index (χ0n) is 17.5. The first-order chi connectivity index (χ1) is 14.5. The number of β-amino-alcohol motifs (C(OH)–C–C–N with tert-alkyl or cyclic N) is 1. The predicted molar refractivity (Wildman–Crippen MR) is 113 cm³/mol. The van der Waals surface area contributed by atoms with Crippen LogP contribution in [0, 0.1) is 0 Å². The van der Waals surface area contributed by atoms with E-state index >= 15 is 0 Å². The lowest BCUT2D eigenvalue weighted by Crippen LogP contribution is -2.44. The van der Waals surface area contributed by atoms with Gasteiger partial charge in [0.1, 0.15) is 11.5 Å². The van der Waals surface area contributed by atoms with Gasteiger partial charge in [-0.1, -0.05) is 6.92 Å². The Bertz CT molecular complexity index is 988. The highest BCUT2D eigenvalue weighted by Gasteiger charge is 2.26. The number of hydrogen-bond donors (Lipinski definition) is 3. The molecule has 0 spiro atoms. The molecule has 2 aliphatic rings. The maximum Gasteiger partial charge on any atom is 0.296 e. The highest BCUT2D eigenvalue weighted by molar-refractivity contribution is 5.73. The van der Waals surface area contributed by atoms with Crippen LogP contribution in [-0.2, 0) is 19.9 Å². The summed E-state index contributed by atoms with van der Waals surface area (Å²) in [6, 6.07) is 2.00. The van der Waals surface area contributed by atoms with Crippen molar-refractivity contribution in [2.45, 2.75) is 38.6 Å². The van der Waals surface area contributed by atoms with Gasteiger partial charge in [0.2, 0.25) is 5.82 Å². The molecule has 0 bridgehead atoms. The van der Waals surface area contributed by atoms with Crippen LogP contribution in [0.2, 0.25) is 0 Å². The lowest BCUT2D eigenvalue weighted by atomic mass is 9.98. The second kappa shape index (κ2) is 8.61. The Labute approximate surface area is 175 Å². The second-order valence-electron chi connectivity index (χ2n) is 7.93. The zero-order valence-corrected chi connectivity index (χ0v) is 17.5. The van der Waals surface area contributed by atoms with Crippen molar-refractivity contribution < 1.29 is 14.9 Å². The standard InChI is InChI=1S/C21H29N5O4/c1-3-13-11-16-15(6-10-30-16)18(28)17(13)20-24-23-19(21(29)25(20)2)22-14-5-4-7-26(12-14)8-9-27/h11,14,27-28H,3-10,12H2,1-2H3,(H,22,23)/t14-/m1/s1. The number of aromatic hydroxyl groups is 1. The topological polar surface area (TPSA) is 113 Å². The van der Waals surface area contributed by atoms with E-state index in [0.717, 1.165) is 37.1 Å². The maximum atomic E-state index is 13.0. The number of aromatic nitrogens is 3. The van der Waals surface area contributed by atoms with E-state index in [4.69, 9.17) is 4.74 Å². The van der Waals surface area contributed by atoms with E-state index < -0.39 is 0 Å². The van der Waals surface area contributed by atoms with Gasteiger partial charge in [-0.2, -0.15) is 0 Å². The molecule has 3 heterocycles. The summed E-state index contributed by atoms with van der Waals surface area (Å²) in [4.78, 5) is 15.2. The van der Waals surface area contributed by atoms with Gasteiger partial charge < -0.3 is 20.3 Å². The Morgan fingerprint density at radius 1 is 1.37 bits per heavy atom. The fourth-order valence-electron chi connectivity index (χ4n) is 4.38. The molecule has 4 rings (SSSR count). The van der Waals surface area contributed by atoms with Gasteiger partial charge in [-0.05, 0) is 37.4 Å². The molecule has 9 heteroatoms. The Morgan fingerprint density at radius 3 is 2.97 bits per heavy atom. The number of benzene rings is 1. The van der Waals surface area contributed by atoms with Crippen LogP contribution in [0.1, 0.15) is 30.9 Å². The van der Waals surface area contributed by atoms with Crippen LogP contribution in [0.15, 0.2) is 10.9 Å². The van der Waals surface area contributed by atoms with Crippen molar-refractivity contribution in [3.63, 3.8) is 0 Å². The number of phenolic OH excluding ortho intramolecular Hbond substituents is 1. The molecule has 0 amide bonds. The molecule has 9 nitrogen and oxygen atoms in total. The van der Waals surface area contributed by atoms with Gasteiger partial charge in [0.25, 0.3) is 5.56 Å². The first-order valence-corrected chi connectivity index (χ1v) is 10.6. The number of ether oxygens (including phenoxy) is 1. The van der Waals surface area contributed by atoms with Gasteiger partial charge in [0.15, 0.2) is 5.82 Å². The molecule has 1 saturated heterocycles. The van der Waals surface area contributed by atoms with Crippen molar-refractivity contribution in [1.29, 1.82) is 0 Å². The molecule has 1 atom stereocenters. The summed E-state index contributed by atoms with van der Waals surface area (Å²) in [6.45, 7) is 4.97. The average molecular weight is 415 g/mol. The number of aliphatic hydroxyl groups excluding tert-OH is 1. The molecular formula is C21H29N5O4. The summed E-state index contributed by atoms with van der Waals surface area (Å²) in [5, 5.41) is 31.8. The van der Waals surface area contributed by atoms with Gasteiger partial charge in [0, 0.05) is 38.2 Å². The van der Waals surface area contributed by atoms with Gasteiger partial charge in [0.05, 0.1) is 18.8 Å². The molecule has 162 valence electrons. The second-order valence-corrected chi connectivity index (χ2v) is 7.93. The minimum Gasteiger partial charge on any atom is -0.507 e. The highest BCUT2D eigenvalue weighted by Crippen LogP contribution is 2.42. The van der Waals surface area contributed by atoms with Crippen LogP contribution < -0.4 is 15.6 Å². The lowest BCUT2D eigenvalue weighted by Gasteiger charge is -2.32. The Balaban J connectivity index is 1.65. The molecule has 1 aromatic heterocycles. The Morgan fingerprint density at radius 2 is 2.20 bits per heavy atom. The number of piperidine rings is 1. The van der Waals surface area contributed by atoms with E-state index in [1.807, 2.05) is 13.0 Å². The molecule has 1 aromatic carbocycles. The zero-order chi connectivity index (χ0) is 21.3. The van der Waals surface area contributed by atoms with E-state index in [0.29, 0.717) is 43.1 Å². The summed E-state index contributed by atoms with van der Waals surface area (Å²) in [6.07, 6.45) is 3.22. The molecule has 0 radical (unpaired) electrons. The van der Waals surface area contributed by atoms with Gasteiger partial charge >= 0.3 is 0 Å². The van der Waals surface area contributed by atoms with Crippen molar-refractivity contribution in [3.05, 3.63) is 27.5 Å². The summed E-state index contributed by atoms with van der Waals surface area (Å²) < 4.78 is 7.05. The van der Waals surface area contributed by atoms with E-state index in [2.05, 4.69) is 20.4 Å². The van der Waals surface area contributed by atoms with Crippen molar-refractivity contribution >= 4 is 5.82 Å². The van der Waals surface area contributed by atoms with Crippen LogP contribution in [0.3, 0.4) is 0 Å². The molecule has 2 aromatic rings. The van der Waals surface area contributed by atoms with Crippen molar-refractivity contribution in [2.75, 3.05) is 38.2 Å². The third-order valence-corrected chi connectivity index (χ3v) is 5.99. The van der Waals surface area contributed by atoms with Crippen LogP contribution in [0.4, 0.5) is 5.82 Å². The minimum absolute atomic E-state index is 0.0786. The van der Waals surface area contributed by atoms with E-state index in [1.54, 1.807) is 7.05 Å². The normalized spacial score (nSPS) is 18.8. The third-order valence-electron chi connectivity index (χ3n) is 5.99. The number of aryl methyl sites for hydroxylation is 1. The van der Waals surface area contributed by atoms with E-state index in [1.165, 1.54) is 4.57 Å². The number of fused-ring (bicyclic) bond motifs is 1. The maximum absolute atomic E-state index is 13.0. The number of rotatable bonds is 6. The molecule has 1 fully saturated rings. The van der Waals surface area contributed by atoms with Crippen molar-refractivity contribution in [3.8, 4) is 22.9 Å². The van der Waals surface area contributed by atoms with Crippen LogP contribution >= 0.6 is 0 Å². The van der Waals surface area contributed by atoms with Gasteiger partial charge in [-0.25, -0.2) is 0 Å². The summed E-state index contributed by atoms with van der Waals surface area (Å²) >= 11 is 0. The Hall–Kier alpha value is -2.65. The van der Waals surface area contributed by atoms with Crippen LogP contribution in [0.25, 0.3) is 11.4 Å². The molecule has 2 aliphatic heterocycles. The van der Waals surface area contributed by atoms with E-state index in [9.17, 15) is 15.0 Å². The van der Waals surface area contributed by atoms with Crippen LogP contribution in [-0.4, -0.2) is 68.8 Å². The van der Waals surface area contributed by atoms with Gasteiger partial charge in [-0.15, -0.1) is 10.2 Å². The largest absolute Gasteiger partial charge is 0.507 e. The quantitative estimate of drug-likeness (QED) is 0.638. The smallest absolute Gasteiger partial charge is 0.296 e. The summed E-state index contributed by atoms with van der Waals surface area (Å²) in [5.74, 6) is 1.38. The molecule has 0 saturated carbocycles. The summed E-state index contributed by atoms with van der Waals surface area (Å²) in [5.41, 5.74) is 1.89. The lowest BCUT2D eigenvalue weighted by molar-refractivity contribution is 0.166. The number of nitrogens with one attached hydrogen (secondary N) is 1. The number of hydrogen-bond acceptors (Lipinski definition) is 8. The molecular weight excluding hydrogens is 386 g/mol. The third kappa shape index (κ3) is 3.75. The molecule has 0 aliphatic carbocycles. The first-order valence-electron chi connectivity index (χ1n) is 10.6. The summed E-state index contributed by atoms with van der Waals surface area (Å²) in [7, 11) is 1.65. The number of anilines is 1. The SMILES string of the molecule is CCc1cc2c(c(O)c1-c1nnc(N[C@@H]3CCCN(CCO)C3)c(=O)n1C)CCO2. The highest BCUT2D eigenvalue weighted by atomic mass is 16.5. The molecule has 3 N–H and O–H groups in total. The number of aliphatic hydroxyl groups is 1. The number of phenols is 1. The first kappa shape index (κ1) is 20.6. The van der Waals surface area contributed by atoms with Crippen LogP contribution in [0.5, 0.6) is 11.5 Å². The van der Waals surface area contributed by atoms with Crippen molar-refractivity contribution in [2.24, 2.45) is 7.05 Å². The minimum atomic E-state index is -0.280. The fourth-order valence-corrected chi connectivity index (χ4v) is 4.38. The fraction of sp³-hybridized carbons (Fsp3) is 0.571. The predicted octanol–water partition coefficient (Wildman–Crippen LogP) is 0.914. The van der Waals surface area contributed by atoms with E-state index in [-0.39, 0.29) is 29.8 Å². The average Bonchev–Trinajstić information content (AvgIpc) is 3.22. The Kier molecular flexibility index (Phi) is 5.92. The van der Waals surface area contributed by atoms with Crippen molar-refractivity contribution in [1.82, 2.24) is 19.7 Å². The number of likely N-dealkylation sites (tertiary alicyclic amines) is 1. The molecule has 30 heavy (non-hydrogen) atoms.